The van der Waals surface area contributed by atoms with Gasteiger partial charge in [-0.25, -0.2) is 9.59 Å². The molecule has 0 aliphatic heterocycles. The summed E-state index contributed by atoms with van der Waals surface area (Å²) in [6.07, 6.45) is 1.68. The van der Waals surface area contributed by atoms with Crippen molar-refractivity contribution >= 4 is 17.7 Å². The second-order valence-electron chi connectivity index (χ2n) is 5.23. The van der Waals surface area contributed by atoms with E-state index in [-0.39, 0.29) is 5.92 Å². The molecular weight excluding hydrogens is 244 g/mol. The van der Waals surface area contributed by atoms with Crippen LogP contribution in [0.15, 0.2) is 24.3 Å². The first-order valence-corrected chi connectivity index (χ1v) is 6.31. The van der Waals surface area contributed by atoms with E-state index in [0.29, 0.717) is 5.69 Å². The Balaban J connectivity index is 2.02. The molecular formula is C14H18N2O3. The fraction of sp³-hybridized carbons (Fsp3) is 0.429. The van der Waals surface area contributed by atoms with Crippen molar-refractivity contribution < 1.29 is 14.7 Å². The maximum Gasteiger partial charge on any atom is 0.329 e. The lowest BCUT2D eigenvalue weighted by Crippen LogP contribution is -2.55. The average Bonchev–Trinajstić information content (AvgIpc) is 3.12. The molecule has 1 fully saturated rings. The number of carboxylic acids is 1. The Morgan fingerprint density at radius 2 is 2.05 bits per heavy atom. The van der Waals surface area contributed by atoms with Gasteiger partial charge < -0.3 is 15.7 Å². The zero-order chi connectivity index (χ0) is 14.0. The monoisotopic (exact) mass is 262 g/mol. The number of carbonyl (C=O) groups is 2. The Bertz CT molecular complexity index is 511. The SMILES string of the molecule is Cc1cccc(NC(=O)NC(C)(C(=O)O)C2CC2)c1. The standard InChI is InChI=1S/C14H18N2O3/c1-9-4-3-5-11(8-9)15-13(19)16-14(2,12(17)18)10-6-7-10/h3-5,8,10H,6-7H2,1-2H3,(H,17,18)(H2,15,16,19). The number of amides is 2. The number of carbonyl (C=O) groups excluding carboxylic acids is 1. The van der Waals surface area contributed by atoms with Gasteiger partial charge in [0.05, 0.1) is 0 Å². The fourth-order valence-electron chi connectivity index (χ4n) is 2.11. The van der Waals surface area contributed by atoms with Crippen molar-refractivity contribution in [1.29, 1.82) is 0 Å². The van der Waals surface area contributed by atoms with Crippen LogP contribution in [0.4, 0.5) is 10.5 Å². The molecule has 0 spiro atoms. The number of carboxylic acid groups (broad SMARTS) is 1. The van der Waals surface area contributed by atoms with Gasteiger partial charge in [0.2, 0.25) is 0 Å². The third-order valence-corrected chi connectivity index (χ3v) is 3.49. The molecule has 5 heteroatoms. The number of nitrogens with one attached hydrogen (secondary N) is 2. The van der Waals surface area contributed by atoms with Gasteiger partial charge in [0.1, 0.15) is 5.54 Å². The van der Waals surface area contributed by atoms with Gasteiger partial charge in [0, 0.05) is 5.69 Å². The van der Waals surface area contributed by atoms with Crippen LogP contribution in [0.3, 0.4) is 0 Å². The maximum atomic E-state index is 11.9. The van der Waals surface area contributed by atoms with Crippen LogP contribution in [-0.4, -0.2) is 22.6 Å². The van der Waals surface area contributed by atoms with Crippen LogP contribution >= 0.6 is 0 Å². The topological polar surface area (TPSA) is 78.4 Å². The number of urea groups is 1. The van der Waals surface area contributed by atoms with Gasteiger partial charge in [-0.3, -0.25) is 0 Å². The number of hydrogen-bond donors (Lipinski definition) is 3. The summed E-state index contributed by atoms with van der Waals surface area (Å²) in [5.41, 5.74) is 0.496. The van der Waals surface area contributed by atoms with Crippen molar-refractivity contribution in [3.63, 3.8) is 0 Å². The van der Waals surface area contributed by atoms with Gasteiger partial charge in [-0.2, -0.15) is 0 Å². The molecule has 0 radical (unpaired) electrons. The number of benzene rings is 1. The van der Waals surface area contributed by atoms with Crippen LogP contribution in [0.25, 0.3) is 0 Å². The Labute approximate surface area is 112 Å². The smallest absolute Gasteiger partial charge is 0.329 e. The third-order valence-electron chi connectivity index (χ3n) is 3.49. The Hall–Kier alpha value is -2.04. The first-order valence-electron chi connectivity index (χ1n) is 6.31. The van der Waals surface area contributed by atoms with E-state index in [0.717, 1.165) is 18.4 Å². The Morgan fingerprint density at radius 1 is 1.37 bits per heavy atom. The third kappa shape index (κ3) is 3.05. The van der Waals surface area contributed by atoms with Crippen molar-refractivity contribution in [1.82, 2.24) is 5.32 Å². The van der Waals surface area contributed by atoms with Crippen molar-refractivity contribution in [2.45, 2.75) is 32.2 Å². The number of hydrogen-bond acceptors (Lipinski definition) is 2. The maximum absolute atomic E-state index is 11.9. The summed E-state index contributed by atoms with van der Waals surface area (Å²) in [6.45, 7) is 3.48. The minimum Gasteiger partial charge on any atom is -0.480 e. The molecule has 1 aromatic carbocycles. The number of anilines is 1. The summed E-state index contributed by atoms with van der Waals surface area (Å²) in [6, 6.07) is 6.87. The largest absolute Gasteiger partial charge is 0.480 e. The van der Waals surface area contributed by atoms with Crippen molar-refractivity contribution in [2.75, 3.05) is 5.32 Å². The molecule has 19 heavy (non-hydrogen) atoms. The predicted octanol–water partition coefficient (Wildman–Crippen LogP) is 2.37. The van der Waals surface area contributed by atoms with E-state index in [9.17, 15) is 14.7 Å². The van der Waals surface area contributed by atoms with Gasteiger partial charge in [-0.15, -0.1) is 0 Å². The highest BCUT2D eigenvalue weighted by Crippen LogP contribution is 2.39. The van der Waals surface area contributed by atoms with Crippen LogP contribution in [0.2, 0.25) is 0 Å². The normalized spacial score (nSPS) is 17.4. The molecule has 1 unspecified atom stereocenters. The highest BCUT2D eigenvalue weighted by atomic mass is 16.4. The molecule has 1 atom stereocenters. The van der Waals surface area contributed by atoms with Crippen LogP contribution < -0.4 is 10.6 Å². The van der Waals surface area contributed by atoms with Gasteiger partial charge in [0.15, 0.2) is 0 Å². The second-order valence-corrected chi connectivity index (χ2v) is 5.23. The summed E-state index contributed by atoms with van der Waals surface area (Å²) < 4.78 is 0. The van der Waals surface area contributed by atoms with Crippen molar-refractivity contribution in [3.8, 4) is 0 Å². The fourth-order valence-corrected chi connectivity index (χ4v) is 2.11. The van der Waals surface area contributed by atoms with Crippen LogP contribution in [0.5, 0.6) is 0 Å². The van der Waals surface area contributed by atoms with Crippen LogP contribution in [-0.2, 0) is 4.79 Å². The summed E-state index contributed by atoms with van der Waals surface area (Å²) in [5, 5.41) is 14.5. The molecule has 5 nitrogen and oxygen atoms in total. The first kappa shape index (κ1) is 13.4. The number of aryl methyl sites for hydroxylation is 1. The Morgan fingerprint density at radius 3 is 2.58 bits per heavy atom. The van der Waals surface area contributed by atoms with Gasteiger partial charge in [-0.05, 0) is 50.3 Å². The molecule has 102 valence electrons. The molecule has 0 bridgehead atoms. The molecule has 1 aromatic rings. The molecule has 0 heterocycles. The Kier molecular flexibility index (Phi) is 3.46. The predicted molar refractivity (Wildman–Crippen MR) is 72.1 cm³/mol. The zero-order valence-corrected chi connectivity index (χ0v) is 11.1. The van der Waals surface area contributed by atoms with Crippen molar-refractivity contribution in [2.24, 2.45) is 5.92 Å². The molecule has 2 amide bonds. The summed E-state index contributed by atoms with van der Waals surface area (Å²) in [7, 11) is 0. The van der Waals surface area contributed by atoms with Gasteiger partial charge in [0.25, 0.3) is 0 Å². The lowest BCUT2D eigenvalue weighted by atomic mass is 9.96. The summed E-state index contributed by atoms with van der Waals surface area (Å²) >= 11 is 0. The van der Waals surface area contributed by atoms with E-state index in [1.807, 2.05) is 25.1 Å². The highest BCUT2D eigenvalue weighted by Gasteiger charge is 2.48. The molecule has 0 aromatic heterocycles. The van der Waals surface area contributed by atoms with Crippen molar-refractivity contribution in [3.05, 3.63) is 29.8 Å². The van der Waals surface area contributed by atoms with Crippen LogP contribution in [0.1, 0.15) is 25.3 Å². The minimum absolute atomic E-state index is 0.0215. The van der Waals surface area contributed by atoms with Gasteiger partial charge in [-0.1, -0.05) is 12.1 Å². The van der Waals surface area contributed by atoms with E-state index in [4.69, 9.17) is 0 Å². The average molecular weight is 262 g/mol. The highest BCUT2D eigenvalue weighted by molar-refractivity contribution is 5.94. The lowest BCUT2D eigenvalue weighted by molar-refractivity contribution is -0.144. The minimum atomic E-state index is -1.19. The molecule has 1 saturated carbocycles. The molecule has 0 saturated heterocycles. The molecule has 1 aliphatic carbocycles. The van der Waals surface area contributed by atoms with E-state index in [2.05, 4.69) is 10.6 Å². The van der Waals surface area contributed by atoms with E-state index >= 15 is 0 Å². The molecule has 3 N–H and O–H groups in total. The molecule has 2 rings (SSSR count). The van der Waals surface area contributed by atoms with E-state index in [1.165, 1.54) is 0 Å². The summed E-state index contributed by atoms with van der Waals surface area (Å²) in [4.78, 5) is 23.2. The molecule has 1 aliphatic rings. The zero-order valence-electron chi connectivity index (χ0n) is 11.1. The quantitative estimate of drug-likeness (QED) is 0.779. The summed E-state index contributed by atoms with van der Waals surface area (Å²) in [5.74, 6) is -0.970. The van der Waals surface area contributed by atoms with Gasteiger partial charge >= 0.3 is 12.0 Å². The van der Waals surface area contributed by atoms with Crippen LogP contribution in [0, 0.1) is 12.8 Å². The first-order chi connectivity index (χ1) is 8.91. The number of rotatable bonds is 4. The number of aliphatic carboxylic acids is 1. The van der Waals surface area contributed by atoms with E-state index in [1.54, 1.807) is 13.0 Å². The van der Waals surface area contributed by atoms with E-state index < -0.39 is 17.5 Å². The second kappa shape index (κ2) is 4.91. The lowest BCUT2D eigenvalue weighted by Gasteiger charge is -2.26.